The highest BCUT2D eigenvalue weighted by Crippen LogP contribution is 2.25. The second kappa shape index (κ2) is 8.41. The molecule has 1 aliphatic rings. The molecule has 0 aliphatic carbocycles. The van der Waals surface area contributed by atoms with Crippen LogP contribution in [0.5, 0.6) is 11.5 Å². The lowest BCUT2D eigenvalue weighted by Gasteiger charge is -2.34. The third-order valence-corrected chi connectivity index (χ3v) is 6.31. The number of sulfonamides is 1. The number of amides is 1. The average Bonchev–Trinajstić information content (AvgIpc) is 2.73. The number of hydrogen-bond acceptors (Lipinski definition) is 5. The fourth-order valence-corrected chi connectivity index (χ4v) is 4.33. The van der Waals surface area contributed by atoms with E-state index >= 15 is 0 Å². The number of hydrogen-bond donors (Lipinski definition) is 0. The summed E-state index contributed by atoms with van der Waals surface area (Å²) in [5, 5.41) is 0. The van der Waals surface area contributed by atoms with Gasteiger partial charge in [0, 0.05) is 26.2 Å². The third kappa shape index (κ3) is 4.40. The van der Waals surface area contributed by atoms with Crippen LogP contribution in [0.15, 0.2) is 59.5 Å². The van der Waals surface area contributed by atoms with E-state index in [1.807, 2.05) is 6.07 Å². The molecule has 1 heterocycles. The molecule has 7 nitrogen and oxygen atoms in total. The van der Waals surface area contributed by atoms with E-state index in [0.717, 1.165) is 0 Å². The number of benzene rings is 2. The van der Waals surface area contributed by atoms with Crippen LogP contribution in [0.1, 0.15) is 0 Å². The number of carbonyl (C=O) groups is 1. The lowest BCUT2D eigenvalue weighted by atomic mass is 10.3. The molecule has 0 atom stereocenters. The van der Waals surface area contributed by atoms with Crippen LogP contribution in [-0.2, 0) is 14.8 Å². The lowest BCUT2D eigenvalue weighted by Crippen LogP contribution is -2.51. The van der Waals surface area contributed by atoms with Crippen LogP contribution < -0.4 is 9.47 Å². The Balaban J connectivity index is 1.55. The maximum atomic E-state index is 12.6. The highest BCUT2D eigenvalue weighted by molar-refractivity contribution is 7.89. The summed E-state index contributed by atoms with van der Waals surface area (Å²) in [6.45, 7) is 1.07. The minimum Gasteiger partial charge on any atom is -0.493 e. The van der Waals surface area contributed by atoms with Crippen LogP contribution in [-0.4, -0.2) is 63.4 Å². The quantitative estimate of drug-likeness (QED) is 0.749. The van der Waals surface area contributed by atoms with Crippen molar-refractivity contribution in [3.05, 3.63) is 54.6 Å². The van der Waals surface area contributed by atoms with E-state index in [0.29, 0.717) is 24.6 Å². The van der Waals surface area contributed by atoms with Crippen molar-refractivity contribution in [2.24, 2.45) is 0 Å². The zero-order valence-electron chi connectivity index (χ0n) is 15.1. The number of rotatable bonds is 6. The summed E-state index contributed by atoms with van der Waals surface area (Å²) in [4.78, 5) is 14.3. The van der Waals surface area contributed by atoms with Gasteiger partial charge < -0.3 is 14.4 Å². The fourth-order valence-electron chi connectivity index (χ4n) is 2.89. The number of piperazine rings is 1. The molecular weight excluding hydrogens is 368 g/mol. The Morgan fingerprint density at radius 2 is 1.52 bits per heavy atom. The number of ether oxygens (including phenoxy) is 2. The van der Waals surface area contributed by atoms with Gasteiger partial charge in [0.15, 0.2) is 18.1 Å². The highest BCUT2D eigenvalue weighted by Gasteiger charge is 2.30. The first kappa shape index (κ1) is 19.2. The van der Waals surface area contributed by atoms with Gasteiger partial charge >= 0.3 is 0 Å². The molecule has 0 spiro atoms. The van der Waals surface area contributed by atoms with Gasteiger partial charge in [-0.05, 0) is 24.3 Å². The standard InChI is InChI=1S/C19H22N2O5S/c1-25-17-9-5-6-10-18(17)26-15-19(22)20-11-13-21(14-12-20)27(23,24)16-7-3-2-4-8-16/h2-10H,11-15H2,1H3. The van der Waals surface area contributed by atoms with Gasteiger partial charge in [-0.25, -0.2) is 8.42 Å². The molecular formula is C19H22N2O5S. The second-order valence-electron chi connectivity index (χ2n) is 6.04. The smallest absolute Gasteiger partial charge is 0.260 e. The monoisotopic (exact) mass is 390 g/mol. The molecule has 3 rings (SSSR count). The normalized spacial score (nSPS) is 15.4. The average molecular weight is 390 g/mol. The van der Waals surface area contributed by atoms with Crippen LogP contribution in [0.2, 0.25) is 0 Å². The molecule has 2 aromatic rings. The minimum atomic E-state index is -3.53. The first-order chi connectivity index (χ1) is 13.0. The van der Waals surface area contributed by atoms with Crippen molar-refractivity contribution >= 4 is 15.9 Å². The van der Waals surface area contributed by atoms with Crippen LogP contribution in [0.25, 0.3) is 0 Å². The van der Waals surface area contributed by atoms with E-state index in [1.54, 1.807) is 53.4 Å². The summed E-state index contributed by atoms with van der Waals surface area (Å²) in [5.74, 6) is 0.875. The summed E-state index contributed by atoms with van der Waals surface area (Å²) in [5.41, 5.74) is 0. The Labute approximate surface area is 159 Å². The Kier molecular flexibility index (Phi) is 5.98. The summed E-state index contributed by atoms with van der Waals surface area (Å²) >= 11 is 0. The molecule has 0 aromatic heterocycles. The first-order valence-electron chi connectivity index (χ1n) is 8.61. The van der Waals surface area contributed by atoms with Gasteiger partial charge in [-0.15, -0.1) is 0 Å². The van der Waals surface area contributed by atoms with E-state index < -0.39 is 10.0 Å². The third-order valence-electron chi connectivity index (χ3n) is 4.39. The van der Waals surface area contributed by atoms with Crippen LogP contribution in [0.4, 0.5) is 0 Å². The van der Waals surface area contributed by atoms with Crippen LogP contribution in [0.3, 0.4) is 0 Å². The van der Waals surface area contributed by atoms with Crippen molar-refractivity contribution in [1.29, 1.82) is 0 Å². The molecule has 27 heavy (non-hydrogen) atoms. The first-order valence-corrected chi connectivity index (χ1v) is 10.0. The molecule has 1 aliphatic heterocycles. The van der Waals surface area contributed by atoms with Crippen molar-refractivity contribution in [3.63, 3.8) is 0 Å². The van der Waals surface area contributed by atoms with Gasteiger partial charge in [0.1, 0.15) is 0 Å². The molecule has 2 aromatic carbocycles. The molecule has 8 heteroatoms. The number of methoxy groups -OCH3 is 1. The van der Waals surface area contributed by atoms with E-state index in [4.69, 9.17) is 9.47 Å². The molecule has 1 amide bonds. The molecule has 1 saturated heterocycles. The van der Waals surface area contributed by atoms with E-state index in [9.17, 15) is 13.2 Å². The van der Waals surface area contributed by atoms with E-state index in [-0.39, 0.29) is 30.5 Å². The van der Waals surface area contributed by atoms with E-state index in [2.05, 4.69) is 0 Å². The molecule has 144 valence electrons. The maximum Gasteiger partial charge on any atom is 0.260 e. The predicted molar refractivity (Wildman–Crippen MR) is 100 cm³/mol. The SMILES string of the molecule is COc1ccccc1OCC(=O)N1CCN(S(=O)(=O)c2ccccc2)CC1. The van der Waals surface area contributed by atoms with Crippen molar-refractivity contribution in [1.82, 2.24) is 9.21 Å². The topological polar surface area (TPSA) is 76.2 Å². The van der Waals surface area contributed by atoms with Crippen LogP contribution >= 0.6 is 0 Å². The lowest BCUT2D eigenvalue weighted by molar-refractivity contribution is -0.134. The van der Waals surface area contributed by atoms with Crippen molar-refractivity contribution in [2.75, 3.05) is 39.9 Å². The van der Waals surface area contributed by atoms with Gasteiger partial charge in [-0.2, -0.15) is 4.31 Å². The van der Waals surface area contributed by atoms with Crippen LogP contribution in [0, 0.1) is 0 Å². The van der Waals surface area contributed by atoms with E-state index in [1.165, 1.54) is 11.4 Å². The summed E-state index contributed by atoms with van der Waals surface area (Å²) in [6.07, 6.45) is 0. The summed E-state index contributed by atoms with van der Waals surface area (Å²) in [7, 11) is -1.99. The van der Waals surface area contributed by atoms with Gasteiger partial charge in [0.2, 0.25) is 10.0 Å². The number of carbonyl (C=O) groups excluding carboxylic acids is 1. The Hall–Kier alpha value is -2.58. The molecule has 0 N–H and O–H groups in total. The highest BCUT2D eigenvalue weighted by atomic mass is 32.2. The van der Waals surface area contributed by atoms with Crippen molar-refractivity contribution < 1.29 is 22.7 Å². The van der Waals surface area contributed by atoms with Gasteiger partial charge in [-0.1, -0.05) is 30.3 Å². The molecule has 0 saturated carbocycles. The fraction of sp³-hybridized carbons (Fsp3) is 0.316. The largest absolute Gasteiger partial charge is 0.493 e. The zero-order chi connectivity index (χ0) is 19.3. The Bertz CT molecular complexity index is 878. The minimum absolute atomic E-state index is 0.119. The van der Waals surface area contributed by atoms with Gasteiger partial charge in [-0.3, -0.25) is 4.79 Å². The molecule has 0 unspecified atom stereocenters. The Morgan fingerprint density at radius 1 is 0.926 bits per heavy atom. The number of nitrogens with zero attached hydrogens (tertiary/aromatic N) is 2. The molecule has 0 bridgehead atoms. The Morgan fingerprint density at radius 3 is 2.15 bits per heavy atom. The van der Waals surface area contributed by atoms with Crippen molar-refractivity contribution in [3.8, 4) is 11.5 Å². The zero-order valence-corrected chi connectivity index (χ0v) is 15.9. The second-order valence-corrected chi connectivity index (χ2v) is 7.98. The summed E-state index contributed by atoms with van der Waals surface area (Å²) in [6, 6.07) is 15.4. The van der Waals surface area contributed by atoms with Gasteiger partial charge in [0.25, 0.3) is 5.91 Å². The van der Waals surface area contributed by atoms with Gasteiger partial charge in [0.05, 0.1) is 12.0 Å². The number of para-hydroxylation sites is 2. The summed E-state index contributed by atoms with van der Waals surface area (Å²) < 4.78 is 37.4. The molecule has 1 fully saturated rings. The predicted octanol–water partition coefficient (Wildman–Crippen LogP) is 1.61. The molecule has 0 radical (unpaired) electrons. The van der Waals surface area contributed by atoms with Crippen molar-refractivity contribution in [2.45, 2.75) is 4.90 Å². The maximum absolute atomic E-state index is 12.6.